The summed E-state index contributed by atoms with van der Waals surface area (Å²) in [5.74, 6) is -0.0652. The van der Waals surface area contributed by atoms with E-state index < -0.39 is 6.04 Å². The lowest BCUT2D eigenvalue weighted by Gasteiger charge is -2.29. The molecule has 0 aliphatic heterocycles. The topological polar surface area (TPSA) is 58.6 Å². The Balaban J connectivity index is 2.14. The average Bonchev–Trinajstić information content (AvgIpc) is 2.71. The van der Waals surface area contributed by atoms with Gasteiger partial charge in [0.2, 0.25) is 5.91 Å². The summed E-state index contributed by atoms with van der Waals surface area (Å²) in [5.41, 5.74) is 0.936. The minimum Gasteiger partial charge on any atom is -0.482 e. The molecule has 0 unspecified atom stereocenters. The van der Waals surface area contributed by atoms with E-state index in [0.717, 1.165) is 16.5 Å². The number of carbonyl (C=O) groups excluding carboxylic acids is 2. The van der Waals surface area contributed by atoms with Crippen LogP contribution in [0.25, 0.3) is 0 Å². The van der Waals surface area contributed by atoms with Crippen molar-refractivity contribution < 1.29 is 14.3 Å². The van der Waals surface area contributed by atoms with Gasteiger partial charge in [0.25, 0.3) is 5.91 Å². The highest BCUT2D eigenvalue weighted by Gasteiger charge is 2.27. The molecule has 0 saturated heterocycles. The molecule has 2 aromatic carbocycles. The van der Waals surface area contributed by atoms with E-state index >= 15 is 0 Å². The van der Waals surface area contributed by atoms with Gasteiger partial charge in [0.05, 0.1) is 5.02 Å². The average molecular weight is 482 g/mol. The van der Waals surface area contributed by atoms with Crippen LogP contribution in [0.3, 0.4) is 0 Å². The molecule has 0 saturated carbocycles. The fraction of sp³-hybridized carbons (Fsp3) is 0.364. The number of ether oxygens (including phenoxy) is 1. The van der Waals surface area contributed by atoms with Crippen LogP contribution in [0.2, 0.25) is 5.02 Å². The normalized spacial score (nSPS) is 12.7. The highest BCUT2D eigenvalue weighted by atomic mass is 79.9. The molecule has 2 amide bonds. The highest BCUT2D eigenvalue weighted by molar-refractivity contribution is 9.10. The van der Waals surface area contributed by atoms with Gasteiger partial charge < -0.3 is 15.0 Å². The number of halogens is 2. The zero-order chi connectivity index (χ0) is 21.4. The monoisotopic (exact) mass is 480 g/mol. The summed E-state index contributed by atoms with van der Waals surface area (Å²) in [6, 6.07) is 14.1. The van der Waals surface area contributed by atoms with Gasteiger partial charge in [-0.3, -0.25) is 9.59 Å². The standard InChI is InChI=1S/C22H26BrClN2O3/c1-4-15(2)25-22(28)16(3)26(13-17-8-6-5-7-9-17)21(27)14-29-20-11-10-18(23)12-19(20)24/h5-12,15-16H,4,13-14H2,1-3H3,(H,25,28)/t15-,16+/m1/s1. The van der Waals surface area contributed by atoms with Crippen molar-refractivity contribution in [1.29, 1.82) is 0 Å². The molecule has 0 spiro atoms. The third kappa shape index (κ3) is 7.05. The second-order valence-electron chi connectivity index (χ2n) is 6.86. The van der Waals surface area contributed by atoms with Crippen LogP contribution in [0.1, 0.15) is 32.8 Å². The smallest absolute Gasteiger partial charge is 0.261 e. The first-order valence-electron chi connectivity index (χ1n) is 9.53. The molecule has 5 nitrogen and oxygen atoms in total. The van der Waals surface area contributed by atoms with Crippen LogP contribution >= 0.6 is 27.5 Å². The number of amides is 2. The predicted octanol–water partition coefficient (Wildman–Crippen LogP) is 4.81. The molecule has 0 aromatic heterocycles. The molecule has 0 heterocycles. The minimum absolute atomic E-state index is 0.0384. The van der Waals surface area contributed by atoms with Gasteiger partial charge in [-0.1, -0.05) is 64.8 Å². The van der Waals surface area contributed by atoms with E-state index in [0.29, 0.717) is 17.3 Å². The fourth-order valence-electron chi connectivity index (χ4n) is 2.64. The summed E-state index contributed by atoms with van der Waals surface area (Å²) in [6.45, 7) is 5.76. The van der Waals surface area contributed by atoms with E-state index in [2.05, 4.69) is 21.2 Å². The number of hydrogen-bond acceptors (Lipinski definition) is 3. The molecule has 1 N–H and O–H groups in total. The Morgan fingerprint density at radius 2 is 1.86 bits per heavy atom. The van der Waals surface area contributed by atoms with E-state index in [4.69, 9.17) is 16.3 Å². The van der Waals surface area contributed by atoms with Gasteiger partial charge in [-0.15, -0.1) is 0 Å². The molecule has 2 aromatic rings. The summed E-state index contributed by atoms with van der Waals surface area (Å²) in [5, 5.41) is 3.35. The Kier molecular flexibility index (Phi) is 8.99. The SMILES string of the molecule is CC[C@@H](C)NC(=O)[C@H](C)N(Cc1ccccc1)C(=O)COc1ccc(Br)cc1Cl. The first-order valence-corrected chi connectivity index (χ1v) is 10.7. The maximum atomic E-state index is 13.0. The molecule has 29 heavy (non-hydrogen) atoms. The number of rotatable bonds is 9. The van der Waals surface area contributed by atoms with Crippen molar-refractivity contribution in [2.45, 2.75) is 45.8 Å². The number of carbonyl (C=O) groups is 2. The number of hydrogen-bond donors (Lipinski definition) is 1. The van der Waals surface area contributed by atoms with Gasteiger partial charge in [0.15, 0.2) is 6.61 Å². The number of benzene rings is 2. The van der Waals surface area contributed by atoms with Crippen LogP contribution < -0.4 is 10.1 Å². The summed E-state index contributed by atoms with van der Waals surface area (Å²) in [6.07, 6.45) is 0.816. The Labute approximate surface area is 185 Å². The molecule has 0 aliphatic carbocycles. The molecule has 2 rings (SSSR count). The van der Waals surface area contributed by atoms with Crippen LogP contribution in [0, 0.1) is 0 Å². The minimum atomic E-state index is -0.638. The van der Waals surface area contributed by atoms with E-state index in [1.807, 2.05) is 44.2 Å². The molecule has 0 bridgehead atoms. The molecular formula is C22H26BrClN2O3. The van der Waals surface area contributed by atoms with Crippen LogP contribution in [0.5, 0.6) is 5.75 Å². The van der Waals surface area contributed by atoms with Crippen LogP contribution in [-0.2, 0) is 16.1 Å². The van der Waals surface area contributed by atoms with Gasteiger partial charge in [0.1, 0.15) is 11.8 Å². The Morgan fingerprint density at radius 3 is 2.48 bits per heavy atom. The summed E-state index contributed by atoms with van der Waals surface area (Å²) in [7, 11) is 0. The van der Waals surface area contributed by atoms with E-state index in [1.54, 1.807) is 25.1 Å². The van der Waals surface area contributed by atoms with Crippen molar-refractivity contribution in [3.8, 4) is 5.75 Å². The van der Waals surface area contributed by atoms with Crippen molar-refractivity contribution in [3.05, 3.63) is 63.6 Å². The van der Waals surface area contributed by atoms with Crippen molar-refractivity contribution in [2.75, 3.05) is 6.61 Å². The zero-order valence-electron chi connectivity index (χ0n) is 16.8. The summed E-state index contributed by atoms with van der Waals surface area (Å²) >= 11 is 9.50. The fourth-order valence-corrected chi connectivity index (χ4v) is 3.37. The predicted molar refractivity (Wildman–Crippen MR) is 119 cm³/mol. The van der Waals surface area contributed by atoms with Gasteiger partial charge in [-0.25, -0.2) is 0 Å². The highest BCUT2D eigenvalue weighted by Crippen LogP contribution is 2.27. The van der Waals surface area contributed by atoms with Gasteiger partial charge in [-0.05, 0) is 44.0 Å². The molecule has 2 atom stereocenters. The molecular weight excluding hydrogens is 456 g/mol. The van der Waals surface area contributed by atoms with E-state index in [1.165, 1.54) is 4.90 Å². The summed E-state index contributed by atoms with van der Waals surface area (Å²) < 4.78 is 6.45. The van der Waals surface area contributed by atoms with Crippen molar-refractivity contribution in [3.63, 3.8) is 0 Å². The Bertz CT molecular complexity index is 832. The van der Waals surface area contributed by atoms with E-state index in [9.17, 15) is 9.59 Å². The third-order valence-electron chi connectivity index (χ3n) is 4.61. The first kappa shape index (κ1) is 23.2. The molecule has 156 valence electrons. The van der Waals surface area contributed by atoms with Crippen LogP contribution in [0.15, 0.2) is 53.0 Å². The number of nitrogens with one attached hydrogen (secondary N) is 1. The van der Waals surface area contributed by atoms with Crippen LogP contribution in [0.4, 0.5) is 0 Å². The Hall–Kier alpha value is -2.05. The second kappa shape index (κ2) is 11.2. The van der Waals surface area contributed by atoms with Gasteiger partial charge in [-0.2, -0.15) is 0 Å². The maximum absolute atomic E-state index is 13.0. The number of nitrogens with zero attached hydrogens (tertiary/aromatic N) is 1. The van der Waals surface area contributed by atoms with Crippen molar-refractivity contribution in [1.82, 2.24) is 10.2 Å². The molecule has 0 aliphatic rings. The maximum Gasteiger partial charge on any atom is 0.261 e. The van der Waals surface area contributed by atoms with Crippen molar-refractivity contribution in [2.24, 2.45) is 0 Å². The van der Waals surface area contributed by atoms with E-state index in [-0.39, 0.29) is 24.5 Å². The largest absolute Gasteiger partial charge is 0.482 e. The van der Waals surface area contributed by atoms with Gasteiger partial charge >= 0.3 is 0 Å². The van der Waals surface area contributed by atoms with Crippen LogP contribution in [-0.4, -0.2) is 35.4 Å². The van der Waals surface area contributed by atoms with Gasteiger partial charge in [0, 0.05) is 17.1 Å². The van der Waals surface area contributed by atoms with Crippen molar-refractivity contribution >= 4 is 39.3 Å². The lowest BCUT2D eigenvalue weighted by molar-refractivity contribution is -0.142. The molecule has 0 radical (unpaired) electrons. The molecule has 7 heteroatoms. The lowest BCUT2D eigenvalue weighted by Crippen LogP contribution is -2.50. The lowest BCUT2D eigenvalue weighted by atomic mass is 10.1. The molecule has 0 fully saturated rings. The Morgan fingerprint density at radius 1 is 1.17 bits per heavy atom. The third-order valence-corrected chi connectivity index (χ3v) is 5.40. The zero-order valence-corrected chi connectivity index (χ0v) is 19.2. The summed E-state index contributed by atoms with van der Waals surface area (Å²) in [4.78, 5) is 27.1. The second-order valence-corrected chi connectivity index (χ2v) is 8.19. The quantitative estimate of drug-likeness (QED) is 0.559. The first-order chi connectivity index (χ1) is 13.8.